The number of fused-ring (bicyclic) bond motifs is 2. The van der Waals surface area contributed by atoms with Gasteiger partial charge in [0.1, 0.15) is 0 Å². The summed E-state index contributed by atoms with van der Waals surface area (Å²) in [6.07, 6.45) is 1.00. The molecule has 0 bridgehead atoms. The van der Waals surface area contributed by atoms with E-state index in [9.17, 15) is 4.79 Å². The zero-order valence-corrected chi connectivity index (χ0v) is 13.4. The minimum atomic E-state index is 0.0692. The van der Waals surface area contributed by atoms with Crippen molar-refractivity contribution in [2.24, 2.45) is 5.92 Å². The fraction of sp³-hybridized carbons (Fsp3) is 0.467. The Balaban J connectivity index is 2.20. The summed E-state index contributed by atoms with van der Waals surface area (Å²) in [5.41, 5.74) is 0.847. The van der Waals surface area contributed by atoms with Crippen molar-refractivity contribution < 1.29 is 0 Å². The third-order valence-electron chi connectivity index (χ3n) is 3.57. The molecule has 1 aliphatic rings. The molecule has 1 aliphatic heterocycles. The monoisotopic (exact) mass is 335 g/mol. The van der Waals surface area contributed by atoms with Crippen LogP contribution in [0.4, 0.5) is 5.95 Å². The maximum absolute atomic E-state index is 12.6. The molecule has 0 radical (unpaired) electrons. The topological polar surface area (TPSA) is 38.1 Å². The number of hydrogen-bond acceptors (Lipinski definition) is 3. The van der Waals surface area contributed by atoms with Crippen molar-refractivity contribution in [2.45, 2.75) is 26.8 Å². The highest BCUT2D eigenvalue weighted by Gasteiger charge is 2.21. The van der Waals surface area contributed by atoms with Crippen molar-refractivity contribution in [3.8, 4) is 0 Å². The summed E-state index contributed by atoms with van der Waals surface area (Å²) in [6, 6.07) is 5.70. The number of halogens is 1. The van der Waals surface area contributed by atoms with Crippen LogP contribution >= 0.6 is 15.9 Å². The van der Waals surface area contributed by atoms with E-state index in [1.807, 2.05) is 22.8 Å². The Labute approximate surface area is 126 Å². The molecule has 1 aromatic heterocycles. The van der Waals surface area contributed by atoms with Crippen LogP contribution in [-0.2, 0) is 6.54 Å². The van der Waals surface area contributed by atoms with Crippen LogP contribution < -0.4 is 10.5 Å². The fourth-order valence-electron chi connectivity index (χ4n) is 2.76. The molecule has 0 unspecified atom stereocenters. The van der Waals surface area contributed by atoms with Crippen LogP contribution in [0.2, 0.25) is 0 Å². The Morgan fingerprint density at radius 1 is 1.35 bits per heavy atom. The molecule has 5 heteroatoms. The lowest BCUT2D eigenvalue weighted by Crippen LogP contribution is -2.40. The minimum Gasteiger partial charge on any atom is -0.342 e. The lowest BCUT2D eigenvalue weighted by atomic mass is 10.2. The van der Waals surface area contributed by atoms with E-state index in [0.29, 0.717) is 11.3 Å². The molecule has 0 saturated heterocycles. The second-order valence-corrected chi connectivity index (χ2v) is 6.64. The predicted octanol–water partition coefficient (Wildman–Crippen LogP) is 3.03. The molecular formula is C15H18BrN3O. The molecule has 2 aromatic rings. The summed E-state index contributed by atoms with van der Waals surface area (Å²) < 4.78 is 2.74. The molecule has 3 rings (SSSR count). The molecule has 4 nitrogen and oxygen atoms in total. The number of anilines is 1. The Morgan fingerprint density at radius 2 is 2.15 bits per heavy atom. The highest BCUT2D eigenvalue weighted by molar-refractivity contribution is 9.10. The zero-order valence-electron chi connectivity index (χ0n) is 11.8. The molecule has 0 spiro atoms. The van der Waals surface area contributed by atoms with Crippen molar-refractivity contribution in [1.29, 1.82) is 0 Å². The van der Waals surface area contributed by atoms with Gasteiger partial charge in [0.15, 0.2) is 0 Å². The first-order valence-corrected chi connectivity index (χ1v) is 7.80. The van der Waals surface area contributed by atoms with Crippen molar-refractivity contribution in [3.05, 3.63) is 33.0 Å². The SMILES string of the molecule is CC(C)CN1CCCn2c1nc1ccc(Br)cc1c2=O. The Hall–Kier alpha value is -1.36. The van der Waals surface area contributed by atoms with E-state index in [1.165, 1.54) is 0 Å². The third kappa shape index (κ3) is 2.35. The summed E-state index contributed by atoms with van der Waals surface area (Å²) in [5.74, 6) is 1.38. The first-order chi connectivity index (χ1) is 9.56. The average Bonchev–Trinajstić information content (AvgIpc) is 2.40. The molecule has 20 heavy (non-hydrogen) atoms. The summed E-state index contributed by atoms with van der Waals surface area (Å²) in [5, 5.41) is 0.689. The normalized spacial score (nSPS) is 14.9. The van der Waals surface area contributed by atoms with Gasteiger partial charge in [0.25, 0.3) is 5.56 Å². The van der Waals surface area contributed by atoms with Gasteiger partial charge in [-0.25, -0.2) is 4.98 Å². The van der Waals surface area contributed by atoms with Gasteiger partial charge in [0.2, 0.25) is 5.95 Å². The smallest absolute Gasteiger partial charge is 0.262 e. The second kappa shape index (κ2) is 5.20. The van der Waals surface area contributed by atoms with Crippen molar-refractivity contribution in [2.75, 3.05) is 18.0 Å². The summed E-state index contributed by atoms with van der Waals surface area (Å²) >= 11 is 3.42. The molecule has 106 valence electrons. The van der Waals surface area contributed by atoms with Crippen LogP contribution in [0.15, 0.2) is 27.5 Å². The van der Waals surface area contributed by atoms with E-state index in [2.05, 4.69) is 34.7 Å². The van der Waals surface area contributed by atoms with Gasteiger partial charge < -0.3 is 4.90 Å². The van der Waals surface area contributed by atoms with Crippen molar-refractivity contribution >= 4 is 32.8 Å². The lowest BCUT2D eigenvalue weighted by molar-refractivity contribution is 0.503. The first kappa shape index (κ1) is 13.6. The maximum Gasteiger partial charge on any atom is 0.262 e. The van der Waals surface area contributed by atoms with E-state index >= 15 is 0 Å². The standard InChI is InChI=1S/C15H18BrN3O/c1-10(2)9-18-6-3-7-19-14(20)12-8-11(16)4-5-13(12)17-15(18)19/h4-5,8,10H,3,6-7,9H2,1-2H3. The second-order valence-electron chi connectivity index (χ2n) is 5.72. The average molecular weight is 336 g/mol. The van der Waals surface area contributed by atoms with Crippen molar-refractivity contribution in [3.63, 3.8) is 0 Å². The van der Waals surface area contributed by atoms with Crippen molar-refractivity contribution in [1.82, 2.24) is 9.55 Å². The van der Waals surface area contributed by atoms with Crippen LogP contribution in [-0.4, -0.2) is 22.6 Å². The van der Waals surface area contributed by atoms with Gasteiger partial charge in [-0.1, -0.05) is 29.8 Å². The Kier molecular flexibility index (Phi) is 3.54. The molecule has 0 aliphatic carbocycles. The molecule has 0 amide bonds. The third-order valence-corrected chi connectivity index (χ3v) is 4.07. The first-order valence-electron chi connectivity index (χ1n) is 7.01. The van der Waals surface area contributed by atoms with Crippen LogP contribution in [0.25, 0.3) is 10.9 Å². The molecule has 0 fully saturated rings. The predicted molar refractivity (Wildman–Crippen MR) is 85.4 cm³/mol. The minimum absolute atomic E-state index is 0.0692. The van der Waals surface area contributed by atoms with Crippen LogP contribution in [0.5, 0.6) is 0 Å². The van der Waals surface area contributed by atoms with E-state index in [4.69, 9.17) is 4.98 Å². The lowest BCUT2D eigenvalue weighted by Gasteiger charge is -2.32. The number of hydrogen-bond donors (Lipinski definition) is 0. The molecule has 0 saturated carbocycles. The number of benzene rings is 1. The van der Waals surface area contributed by atoms with Gasteiger partial charge in [-0.3, -0.25) is 9.36 Å². The summed E-state index contributed by atoms with van der Waals surface area (Å²) in [4.78, 5) is 19.6. The van der Waals surface area contributed by atoms with Gasteiger partial charge in [0.05, 0.1) is 10.9 Å². The van der Waals surface area contributed by atoms with E-state index in [1.54, 1.807) is 0 Å². The molecular weight excluding hydrogens is 318 g/mol. The number of rotatable bonds is 2. The molecule has 2 heterocycles. The zero-order chi connectivity index (χ0) is 14.3. The number of aromatic nitrogens is 2. The fourth-order valence-corrected chi connectivity index (χ4v) is 3.12. The maximum atomic E-state index is 12.6. The molecule has 0 N–H and O–H groups in total. The largest absolute Gasteiger partial charge is 0.342 e. The van der Waals surface area contributed by atoms with Gasteiger partial charge in [0, 0.05) is 24.1 Å². The van der Waals surface area contributed by atoms with Crippen LogP contribution in [0.1, 0.15) is 20.3 Å². The number of nitrogens with zero attached hydrogens (tertiary/aromatic N) is 3. The quantitative estimate of drug-likeness (QED) is 0.846. The highest BCUT2D eigenvalue weighted by atomic mass is 79.9. The Morgan fingerprint density at radius 3 is 2.90 bits per heavy atom. The van der Waals surface area contributed by atoms with Gasteiger partial charge in [-0.2, -0.15) is 0 Å². The molecule has 0 atom stereocenters. The van der Waals surface area contributed by atoms with Crippen LogP contribution in [0.3, 0.4) is 0 Å². The van der Waals surface area contributed by atoms with Gasteiger partial charge in [-0.15, -0.1) is 0 Å². The Bertz CT molecular complexity index is 708. The van der Waals surface area contributed by atoms with E-state index in [-0.39, 0.29) is 5.56 Å². The highest BCUT2D eigenvalue weighted by Crippen LogP contribution is 2.22. The summed E-state index contributed by atoms with van der Waals surface area (Å²) in [6.45, 7) is 7.06. The van der Waals surface area contributed by atoms with E-state index in [0.717, 1.165) is 42.0 Å². The van der Waals surface area contributed by atoms with Gasteiger partial charge >= 0.3 is 0 Å². The van der Waals surface area contributed by atoms with Gasteiger partial charge in [-0.05, 0) is 30.5 Å². The van der Waals surface area contributed by atoms with E-state index < -0.39 is 0 Å². The van der Waals surface area contributed by atoms with Crippen LogP contribution in [0, 0.1) is 5.92 Å². The summed E-state index contributed by atoms with van der Waals surface area (Å²) in [7, 11) is 0. The molecule has 1 aromatic carbocycles.